The van der Waals surface area contributed by atoms with Crippen molar-refractivity contribution < 1.29 is 14.4 Å². The molecule has 9 heteroatoms. The van der Waals surface area contributed by atoms with Crippen LogP contribution in [-0.4, -0.2) is 19.0 Å². The number of thiazole rings is 1. The lowest BCUT2D eigenvalue weighted by molar-refractivity contribution is -0.654. The van der Waals surface area contributed by atoms with Gasteiger partial charge in [-0.3, -0.25) is 0 Å². The molecule has 188 valence electrons. The van der Waals surface area contributed by atoms with E-state index in [-0.39, 0.29) is 18.8 Å². The Hall–Kier alpha value is -3.49. The quantitative estimate of drug-likeness (QED) is 0.110. The number of anilines is 1. The van der Waals surface area contributed by atoms with Gasteiger partial charge in [0, 0.05) is 31.3 Å². The van der Waals surface area contributed by atoms with Gasteiger partial charge < -0.3 is 20.2 Å². The third-order valence-electron chi connectivity index (χ3n) is 5.59. The van der Waals surface area contributed by atoms with Crippen molar-refractivity contribution >= 4 is 56.4 Å². The summed E-state index contributed by atoms with van der Waals surface area (Å²) in [6.45, 7) is 6.82. The maximum absolute atomic E-state index is 11.3. The van der Waals surface area contributed by atoms with Crippen LogP contribution in [0.3, 0.4) is 0 Å². The Labute approximate surface area is 221 Å². The molecule has 0 bridgehead atoms. The van der Waals surface area contributed by atoms with Crippen molar-refractivity contribution in [2.75, 3.05) is 18.1 Å². The van der Waals surface area contributed by atoms with Crippen molar-refractivity contribution in [3.05, 3.63) is 78.4 Å². The van der Waals surface area contributed by atoms with Gasteiger partial charge in [-0.15, -0.1) is 12.4 Å². The van der Waals surface area contributed by atoms with Crippen LogP contribution in [0.1, 0.15) is 25.8 Å². The van der Waals surface area contributed by atoms with Crippen LogP contribution >= 0.6 is 23.7 Å². The van der Waals surface area contributed by atoms with E-state index in [1.165, 1.54) is 16.9 Å². The van der Waals surface area contributed by atoms with Crippen LogP contribution in [0, 0.1) is 5.41 Å². The number of halogens is 1. The fourth-order valence-electron chi connectivity index (χ4n) is 3.84. The second-order valence-corrected chi connectivity index (χ2v) is 9.00. The zero-order valence-corrected chi connectivity index (χ0v) is 22.0. The van der Waals surface area contributed by atoms with Gasteiger partial charge in [0.15, 0.2) is 0 Å². The Morgan fingerprint density at radius 3 is 2.44 bits per heavy atom. The highest BCUT2D eigenvalue weighted by atomic mass is 35.5. The molecule has 0 saturated heterocycles. The van der Waals surface area contributed by atoms with Gasteiger partial charge in [0.2, 0.25) is 0 Å². The van der Waals surface area contributed by atoms with Crippen molar-refractivity contribution in [3.8, 4) is 5.75 Å². The first-order valence-electron chi connectivity index (χ1n) is 11.7. The summed E-state index contributed by atoms with van der Waals surface area (Å²) in [4.78, 5) is 2.31. The Kier molecular flexibility index (Phi) is 9.78. The largest absolute Gasteiger partial charge is 0.862 e. The number of hydrogen-bond acceptors (Lipinski definition) is 7. The number of nitrogens with one attached hydrogen (secondary N) is 1. The fourth-order valence-corrected chi connectivity index (χ4v) is 4.87. The molecule has 0 spiro atoms. The molecule has 0 atom stereocenters. The molecule has 1 N–H and O–H groups in total. The van der Waals surface area contributed by atoms with E-state index < -0.39 is 5.90 Å². The average Bonchev–Trinajstić information content (AvgIpc) is 3.22. The van der Waals surface area contributed by atoms with Crippen molar-refractivity contribution in [1.29, 1.82) is 5.41 Å². The minimum absolute atomic E-state index is 0. The molecule has 0 aliphatic rings. The summed E-state index contributed by atoms with van der Waals surface area (Å²) < 4.78 is 8.56. The Morgan fingerprint density at radius 2 is 1.78 bits per heavy atom. The molecule has 0 saturated carbocycles. The number of fused-ring (bicyclic) bond motifs is 1. The monoisotopic (exact) mass is 523 g/mol. The molecule has 0 fully saturated rings. The van der Waals surface area contributed by atoms with E-state index in [1.54, 1.807) is 0 Å². The van der Waals surface area contributed by atoms with Gasteiger partial charge in [-0.05, 0) is 78.2 Å². The van der Waals surface area contributed by atoms with E-state index in [2.05, 4.69) is 58.5 Å². The molecule has 1 heterocycles. The number of benzene rings is 3. The van der Waals surface area contributed by atoms with Gasteiger partial charge in [-0.1, -0.05) is 30.3 Å². The number of ether oxygens (including phenoxy) is 1. The van der Waals surface area contributed by atoms with Crippen LogP contribution in [0.5, 0.6) is 5.75 Å². The molecule has 36 heavy (non-hydrogen) atoms. The summed E-state index contributed by atoms with van der Waals surface area (Å²) in [7, 11) is 0. The average molecular weight is 524 g/mol. The standard InChI is InChI=1S/C27H29N5O2S.ClH/c1-3-31(19-20-8-6-5-7-9-20)22-12-10-21(11-13-22)29-30-27-32(17-16-26(28)33)24-15-14-23(34-4-2)18-25(24)35-27;/h5-15,18H,3-4,16-17,19H2,1-2H3,(H-,28,33);1H. The maximum atomic E-state index is 11.3. The Balaban J connectivity index is 0.00000361. The number of aromatic nitrogens is 1. The van der Waals surface area contributed by atoms with E-state index in [9.17, 15) is 5.11 Å². The zero-order valence-electron chi connectivity index (χ0n) is 20.4. The van der Waals surface area contributed by atoms with Crippen molar-refractivity contribution in [3.63, 3.8) is 0 Å². The molecule has 0 amide bonds. The summed E-state index contributed by atoms with van der Waals surface area (Å²) >= 11 is 1.49. The number of nitrogens with zero attached hydrogens (tertiary/aromatic N) is 4. The first-order chi connectivity index (χ1) is 17.1. The molecule has 4 rings (SSSR count). The van der Waals surface area contributed by atoms with Crippen LogP contribution in [0.15, 0.2) is 83.0 Å². The van der Waals surface area contributed by atoms with Crippen LogP contribution in [0.25, 0.3) is 10.2 Å². The number of rotatable bonds is 11. The van der Waals surface area contributed by atoms with E-state index in [4.69, 9.17) is 10.1 Å². The minimum Gasteiger partial charge on any atom is -0.862 e. The van der Waals surface area contributed by atoms with Gasteiger partial charge in [-0.25, -0.2) is 4.57 Å². The zero-order chi connectivity index (χ0) is 24.6. The molecule has 0 aliphatic carbocycles. The van der Waals surface area contributed by atoms with E-state index >= 15 is 0 Å². The lowest BCUT2D eigenvalue weighted by Crippen LogP contribution is -2.35. The maximum Gasteiger partial charge on any atom is 0.409 e. The first-order valence-corrected chi connectivity index (χ1v) is 12.5. The Bertz CT molecular complexity index is 1310. The first kappa shape index (κ1) is 27.1. The minimum atomic E-state index is -0.600. The topological polar surface area (TPSA) is 88.0 Å². The van der Waals surface area contributed by atoms with Crippen LogP contribution < -0.4 is 19.3 Å². The molecule has 3 aromatic carbocycles. The van der Waals surface area contributed by atoms with Crippen molar-refractivity contribution in [2.24, 2.45) is 10.2 Å². The van der Waals surface area contributed by atoms with Crippen LogP contribution in [0.2, 0.25) is 0 Å². The smallest absolute Gasteiger partial charge is 0.409 e. The summed E-state index contributed by atoms with van der Waals surface area (Å²) in [5, 5.41) is 28.3. The number of azo groups is 1. The predicted octanol–water partition coefficient (Wildman–Crippen LogP) is 6.18. The summed E-state index contributed by atoms with van der Waals surface area (Å²) in [5.41, 5.74) is 4.10. The van der Waals surface area contributed by atoms with Crippen LogP contribution in [0.4, 0.5) is 16.5 Å². The lowest BCUT2D eigenvalue weighted by Gasteiger charge is -2.23. The lowest BCUT2D eigenvalue weighted by atomic mass is 10.2. The highest BCUT2D eigenvalue weighted by molar-refractivity contribution is 7.21. The van der Waals surface area contributed by atoms with Crippen LogP contribution in [-0.2, 0) is 13.1 Å². The second kappa shape index (κ2) is 13.0. The second-order valence-electron chi connectivity index (χ2n) is 7.99. The predicted molar refractivity (Wildman–Crippen MR) is 147 cm³/mol. The van der Waals surface area contributed by atoms with Crippen molar-refractivity contribution in [1.82, 2.24) is 0 Å². The molecular formula is C27H30ClN5O2S. The third kappa shape index (κ3) is 6.80. The number of aryl methyl sites for hydroxylation is 1. The van der Waals surface area contributed by atoms with Gasteiger partial charge in [0.1, 0.15) is 17.0 Å². The van der Waals surface area contributed by atoms with Gasteiger partial charge >= 0.3 is 5.13 Å². The third-order valence-corrected chi connectivity index (χ3v) is 6.62. The molecule has 0 radical (unpaired) electrons. The van der Waals surface area contributed by atoms with Gasteiger partial charge in [0.05, 0.1) is 23.0 Å². The Morgan fingerprint density at radius 1 is 1.03 bits per heavy atom. The molecule has 0 unspecified atom stereocenters. The van der Waals surface area contributed by atoms with Crippen molar-refractivity contribution in [2.45, 2.75) is 33.4 Å². The summed E-state index contributed by atoms with van der Waals surface area (Å²) in [5.74, 6) is 0.192. The highest BCUT2D eigenvalue weighted by Gasteiger charge is 2.20. The van der Waals surface area contributed by atoms with Gasteiger partial charge in [0.25, 0.3) is 0 Å². The fraction of sp³-hybridized carbons (Fsp3) is 0.259. The SMILES string of the molecule is CCOc1ccc2c(c1)sc(N=Nc1ccc(N(CC)Cc3ccccc3)cc1)[n+]2CCC(=N)[O-].Cl. The summed E-state index contributed by atoms with van der Waals surface area (Å²) in [6.07, 6.45) is 0.120. The molecule has 7 nitrogen and oxygen atoms in total. The van der Waals surface area contributed by atoms with E-state index in [0.717, 1.165) is 40.4 Å². The molecular weight excluding hydrogens is 494 g/mol. The highest BCUT2D eigenvalue weighted by Crippen LogP contribution is 2.31. The number of hydrogen-bond donors (Lipinski definition) is 1. The molecule has 4 aromatic rings. The van der Waals surface area contributed by atoms with Gasteiger partial charge in [-0.2, -0.15) is 0 Å². The molecule has 1 aromatic heterocycles. The summed E-state index contributed by atoms with van der Waals surface area (Å²) in [6, 6.07) is 24.3. The normalized spacial score (nSPS) is 10.9. The van der Waals surface area contributed by atoms with E-state index in [0.29, 0.717) is 18.3 Å². The van der Waals surface area contributed by atoms with E-state index in [1.807, 2.05) is 47.9 Å². The molecule has 0 aliphatic heterocycles.